The second-order valence-corrected chi connectivity index (χ2v) is 21.7. The monoisotopic (exact) mass is 1060 g/mol. The van der Waals surface area contributed by atoms with Gasteiger partial charge in [-0.05, 0) is 126 Å². The van der Waals surface area contributed by atoms with Crippen molar-refractivity contribution in [3.8, 4) is 33.8 Å². The predicted molar refractivity (Wildman–Crippen MR) is 296 cm³/mol. The number of nitrogens with zero attached hydrogens (tertiary/aromatic N) is 1. The van der Waals surface area contributed by atoms with E-state index in [1.165, 1.54) is 24.6 Å². The quantitative estimate of drug-likeness (QED) is 0.0309. The van der Waals surface area contributed by atoms with Gasteiger partial charge in [-0.3, -0.25) is 19.2 Å². The van der Waals surface area contributed by atoms with E-state index in [4.69, 9.17) is 23.7 Å². The van der Waals surface area contributed by atoms with Crippen LogP contribution in [0.15, 0.2) is 84.9 Å². The summed E-state index contributed by atoms with van der Waals surface area (Å²) in [6.45, 7) is 16.9. The molecule has 0 radical (unpaired) electrons. The van der Waals surface area contributed by atoms with Crippen molar-refractivity contribution in [3.63, 3.8) is 0 Å². The van der Waals surface area contributed by atoms with Crippen molar-refractivity contribution in [1.82, 2.24) is 20.9 Å². The summed E-state index contributed by atoms with van der Waals surface area (Å²) >= 11 is 0. The van der Waals surface area contributed by atoms with Gasteiger partial charge < -0.3 is 44.5 Å². The van der Waals surface area contributed by atoms with Crippen LogP contribution in [0.1, 0.15) is 140 Å². The molecule has 4 aromatic rings. The van der Waals surface area contributed by atoms with E-state index in [1.54, 1.807) is 97.0 Å². The molecule has 0 aromatic heterocycles. The molecule has 1 heterocycles. The van der Waals surface area contributed by atoms with Gasteiger partial charge in [-0.2, -0.15) is 0 Å². The summed E-state index contributed by atoms with van der Waals surface area (Å²) in [7, 11) is 2.74. The average Bonchev–Trinajstić information content (AvgIpc) is 3.39. The van der Waals surface area contributed by atoms with Crippen molar-refractivity contribution in [3.05, 3.63) is 107 Å². The minimum atomic E-state index is -1.29. The van der Waals surface area contributed by atoms with Crippen LogP contribution in [0.5, 0.6) is 11.5 Å². The second-order valence-electron chi connectivity index (χ2n) is 21.7. The molecule has 5 rings (SSSR count). The summed E-state index contributed by atoms with van der Waals surface area (Å²) in [5.74, 6) is -3.62. The lowest BCUT2D eigenvalue weighted by atomic mass is 9.88. The maximum atomic E-state index is 15.2. The minimum absolute atomic E-state index is 0.0258. The zero-order chi connectivity index (χ0) is 56.5. The number of nitrogens with one attached hydrogen (secondary N) is 3. The maximum Gasteiger partial charge on any atom is 0.407 e. The van der Waals surface area contributed by atoms with Gasteiger partial charge in [-0.1, -0.05) is 87.9 Å². The topological polar surface area (TPSA) is 205 Å². The zero-order valence-corrected chi connectivity index (χ0v) is 46.9. The smallest absolute Gasteiger partial charge is 0.407 e. The highest BCUT2D eigenvalue weighted by molar-refractivity contribution is 6.00. The number of esters is 1. The van der Waals surface area contributed by atoms with Crippen LogP contribution in [0, 0.1) is 11.8 Å². The van der Waals surface area contributed by atoms with Crippen LogP contribution in [0.25, 0.3) is 22.3 Å². The number of carbonyl (C=O) groups is 7. The Hall–Kier alpha value is -7.23. The molecule has 16 nitrogen and oxygen atoms in total. The molecular weight excluding hydrogens is 981 g/mol. The Balaban J connectivity index is 1.56. The number of fused-ring (bicyclic) bond motifs is 5. The number of ketones is 2. The molecule has 0 saturated carbocycles. The summed E-state index contributed by atoms with van der Waals surface area (Å²) < 4.78 is 28.6. The van der Waals surface area contributed by atoms with Crippen molar-refractivity contribution >= 4 is 41.5 Å². The molecule has 1 aliphatic rings. The first-order valence-electron chi connectivity index (χ1n) is 26.9. The Bertz CT molecular complexity index is 2670. The molecule has 4 aromatic carbocycles. The fourth-order valence-corrected chi connectivity index (χ4v) is 8.97. The minimum Gasteiger partial charge on any atom is -0.493 e. The van der Waals surface area contributed by atoms with Crippen LogP contribution in [0.2, 0.25) is 0 Å². The van der Waals surface area contributed by atoms with Crippen LogP contribution >= 0.6 is 0 Å². The Morgan fingerprint density at radius 3 is 1.90 bits per heavy atom. The molecule has 0 saturated heterocycles. The fourth-order valence-electron chi connectivity index (χ4n) is 8.97. The van der Waals surface area contributed by atoms with Gasteiger partial charge in [0.1, 0.15) is 41.4 Å². The summed E-state index contributed by atoms with van der Waals surface area (Å²) in [5.41, 5.74) is 4.22. The number of likely N-dealkylation sites (N-methyl/N-ethyl adjacent to an activating group) is 1. The lowest BCUT2D eigenvalue weighted by molar-refractivity contribution is -0.146. The zero-order valence-electron chi connectivity index (χ0n) is 46.9. The highest BCUT2D eigenvalue weighted by Crippen LogP contribution is 2.41. The van der Waals surface area contributed by atoms with E-state index < -0.39 is 70.9 Å². The highest BCUT2D eigenvalue weighted by atomic mass is 16.6. The molecule has 16 heteroatoms. The molecule has 416 valence electrons. The molecule has 1 aliphatic heterocycles. The van der Waals surface area contributed by atoms with Gasteiger partial charge in [0.15, 0.2) is 11.6 Å². The van der Waals surface area contributed by atoms with E-state index in [-0.39, 0.29) is 51.2 Å². The van der Waals surface area contributed by atoms with Crippen molar-refractivity contribution in [2.24, 2.45) is 11.8 Å². The van der Waals surface area contributed by atoms with E-state index in [0.717, 1.165) is 30.4 Å². The largest absolute Gasteiger partial charge is 0.493 e. The number of Topliss-reactive ketones (excluding diaryl/α,β-unsaturated/α-hetero) is 2. The van der Waals surface area contributed by atoms with Crippen molar-refractivity contribution in [1.29, 1.82) is 0 Å². The number of hydrogen-bond acceptors (Lipinski definition) is 12. The molecule has 4 atom stereocenters. The first-order chi connectivity index (χ1) is 36.5. The molecule has 77 heavy (non-hydrogen) atoms. The molecule has 0 spiro atoms. The number of hydrogen-bond donors (Lipinski definition) is 3. The third kappa shape index (κ3) is 18.5. The number of aryl methyl sites for hydroxylation is 1. The Morgan fingerprint density at radius 1 is 0.714 bits per heavy atom. The molecule has 4 bridgehead atoms. The number of methoxy groups -OCH3 is 1. The number of unbranched alkanes of at least 4 members (excludes halogenated alkanes) is 1. The van der Waals surface area contributed by atoms with Gasteiger partial charge in [-0.15, -0.1) is 0 Å². The number of amides is 4. The van der Waals surface area contributed by atoms with Crippen molar-refractivity contribution in [2.75, 3.05) is 40.5 Å². The summed E-state index contributed by atoms with van der Waals surface area (Å²) in [4.78, 5) is 98.2. The van der Waals surface area contributed by atoms with Crippen molar-refractivity contribution in [2.45, 2.75) is 143 Å². The predicted octanol–water partition coefficient (Wildman–Crippen LogP) is 10.6. The lowest BCUT2D eigenvalue weighted by Crippen LogP contribution is -2.46. The summed E-state index contributed by atoms with van der Waals surface area (Å²) in [6.07, 6.45) is 2.61. The first-order valence-corrected chi connectivity index (χ1v) is 26.9. The molecule has 0 fully saturated rings. The van der Waals surface area contributed by atoms with Gasteiger partial charge in [0.05, 0.1) is 20.3 Å². The van der Waals surface area contributed by atoms with Crippen LogP contribution in [0.4, 0.5) is 9.59 Å². The maximum absolute atomic E-state index is 15.2. The van der Waals surface area contributed by atoms with E-state index >= 15 is 9.59 Å². The summed E-state index contributed by atoms with van der Waals surface area (Å²) in [5, 5.41) is 8.24. The third-order valence-corrected chi connectivity index (χ3v) is 12.9. The molecular formula is C61H80N4O12. The average molecular weight is 1060 g/mol. The van der Waals surface area contributed by atoms with E-state index in [0.29, 0.717) is 58.8 Å². The lowest BCUT2D eigenvalue weighted by Gasteiger charge is -2.32. The van der Waals surface area contributed by atoms with E-state index in [2.05, 4.69) is 47.1 Å². The van der Waals surface area contributed by atoms with E-state index in [9.17, 15) is 24.0 Å². The van der Waals surface area contributed by atoms with Crippen LogP contribution < -0.4 is 25.4 Å². The second kappa shape index (κ2) is 28.2. The van der Waals surface area contributed by atoms with E-state index in [1.807, 2.05) is 19.1 Å². The normalized spacial score (nSPS) is 16.2. The highest BCUT2D eigenvalue weighted by Gasteiger charge is 2.36. The number of rotatable bonds is 21. The van der Waals surface area contributed by atoms with Gasteiger partial charge in [0.25, 0.3) is 0 Å². The van der Waals surface area contributed by atoms with Gasteiger partial charge >= 0.3 is 18.2 Å². The Kier molecular flexibility index (Phi) is 22.2. The molecule has 0 aliphatic carbocycles. The van der Waals surface area contributed by atoms with Gasteiger partial charge in [0, 0.05) is 61.4 Å². The fraction of sp³-hybridized carbons (Fsp3) is 0.492. The standard InChI is InChI=1S/C61H80N4O12/c1-12-14-16-40-18-21-42(22-19-40)43-23-25-44(26-24-43)50(66)38-46(17-15-30-62-58(71)76-60(4,5)6)56(69)65(10)54-45-27-29-53(74-32-13-2)48(37-45)47-35-41(20-28-52(47)75-33-31-63-59(72)77-61(7,8)9)36-49(57(70)73-11)64-55(68)39(3)34-51(54)67/h18-29,35,37,39,46,49,54H,12-17,30-34,36,38H2,1-11H3,(H,62,71)(H,63,72)(H,64,68)/t39-,46-,49+,54+/m1/s1. The van der Waals surface area contributed by atoms with Gasteiger partial charge in [-0.25, -0.2) is 14.4 Å². The van der Waals surface area contributed by atoms with Crippen LogP contribution in [-0.2, 0) is 46.2 Å². The number of alkyl carbamates (subject to hydrolysis) is 2. The molecule has 3 N–H and O–H groups in total. The number of carbonyl (C=O) groups excluding carboxylic acids is 7. The van der Waals surface area contributed by atoms with Crippen LogP contribution in [0.3, 0.4) is 0 Å². The van der Waals surface area contributed by atoms with Crippen molar-refractivity contribution < 1.29 is 57.2 Å². The third-order valence-electron chi connectivity index (χ3n) is 12.9. The molecule has 0 unspecified atom stereocenters. The Labute approximate surface area is 454 Å². The number of benzene rings is 4. The summed E-state index contributed by atoms with van der Waals surface area (Å²) in [6, 6.07) is 23.8. The van der Waals surface area contributed by atoms with Crippen LogP contribution in [-0.4, -0.2) is 104 Å². The Morgan fingerprint density at radius 2 is 1.30 bits per heavy atom. The first kappa shape index (κ1) is 60.6. The molecule has 4 amide bonds. The number of ether oxygens (including phenoxy) is 5. The SMILES string of the molecule is CCCCc1ccc(-c2ccc(C(=O)C[C@@H](CCCNC(=O)OC(C)(C)C)C(=O)N(C)[C@@H]3C(=O)C[C@@H](C)C(=O)N[C@H](C(=O)OC)Cc4ccc(OCCNC(=O)OC(C)(C)C)c(c4)-c4cc3ccc4OCCC)cc2)cc1. The van der Waals surface area contributed by atoms with Gasteiger partial charge in [0.2, 0.25) is 11.8 Å².